The molecular formula is C40H31N5. The summed E-state index contributed by atoms with van der Waals surface area (Å²) in [6, 6.07) is 21.2. The quantitative estimate of drug-likeness (QED) is 0.113. The summed E-state index contributed by atoms with van der Waals surface area (Å²) in [5.74, 6) is 0. The van der Waals surface area contributed by atoms with Gasteiger partial charge in [-0.25, -0.2) is 0 Å². The minimum absolute atomic E-state index is 0.189. The van der Waals surface area contributed by atoms with E-state index in [-0.39, 0.29) is 12.8 Å². The van der Waals surface area contributed by atoms with Gasteiger partial charge in [0.25, 0.3) is 0 Å². The lowest BCUT2D eigenvalue weighted by Gasteiger charge is -2.22. The fourth-order valence-corrected chi connectivity index (χ4v) is 5.91. The number of nitrogens with zero attached hydrogens (tertiary/aromatic N) is 4. The van der Waals surface area contributed by atoms with Crippen LogP contribution in [-0.4, -0.2) is 0 Å². The highest BCUT2D eigenvalue weighted by Crippen LogP contribution is 2.46. The molecule has 5 heteroatoms. The molecule has 0 fully saturated rings. The van der Waals surface area contributed by atoms with Gasteiger partial charge in [-0.1, -0.05) is 67.8 Å². The van der Waals surface area contributed by atoms with E-state index < -0.39 is 0 Å². The number of rotatable bonds is 10. The van der Waals surface area contributed by atoms with Crippen LogP contribution < -0.4 is 5.73 Å². The van der Waals surface area contributed by atoms with Gasteiger partial charge < -0.3 is 5.73 Å². The minimum Gasteiger partial charge on any atom is -0.405 e. The largest absolute Gasteiger partial charge is 0.405 e. The predicted octanol–water partition coefficient (Wildman–Crippen LogP) is 9.80. The molecule has 0 amide bonds. The molecule has 0 aromatic heterocycles. The minimum atomic E-state index is 0.189. The molecule has 0 unspecified atom stereocenters. The highest BCUT2D eigenvalue weighted by molar-refractivity contribution is 6.29. The van der Waals surface area contributed by atoms with Crippen LogP contribution in [-0.2, 0) is 0 Å². The van der Waals surface area contributed by atoms with Crippen molar-refractivity contribution in [2.24, 2.45) is 5.73 Å². The number of hydrogen-bond acceptors (Lipinski definition) is 5. The molecule has 45 heavy (non-hydrogen) atoms. The molecule has 2 N–H and O–H groups in total. The fourth-order valence-electron chi connectivity index (χ4n) is 5.91. The second-order valence-corrected chi connectivity index (χ2v) is 10.2. The summed E-state index contributed by atoms with van der Waals surface area (Å²) in [6.07, 6.45) is 16.0. The topological polar surface area (TPSA) is 121 Å². The van der Waals surface area contributed by atoms with Gasteiger partial charge in [-0.05, 0) is 121 Å². The Bertz CT molecular complexity index is 2180. The number of hydrogen-bond donors (Lipinski definition) is 1. The maximum Gasteiger partial charge on any atom is 0.0950 e. The first-order valence-electron chi connectivity index (χ1n) is 14.3. The average molecular weight is 582 g/mol. The Morgan fingerprint density at radius 3 is 1.71 bits per heavy atom. The van der Waals surface area contributed by atoms with Gasteiger partial charge in [0, 0.05) is 11.6 Å². The third kappa shape index (κ3) is 5.81. The van der Waals surface area contributed by atoms with Gasteiger partial charge >= 0.3 is 0 Å². The summed E-state index contributed by atoms with van der Waals surface area (Å²) < 4.78 is 0. The molecule has 0 saturated carbocycles. The highest BCUT2D eigenvalue weighted by atomic mass is 14.5. The Balaban J connectivity index is 2.40. The number of benzene rings is 4. The van der Waals surface area contributed by atoms with Gasteiger partial charge in [0.1, 0.15) is 0 Å². The molecule has 0 aliphatic heterocycles. The van der Waals surface area contributed by atoms with Crippen LogP contribution >= 0.6 is 0 Å². The highest BCUT2D eigenvalue weighted by Gasteiger charge is 2.22. The van der Waals surface area contributed by atoms with Gasteiger partial charge in [0.05, 0.1) is 37.1 Å². The fraction of sp³-hybridized carbons (Fsp3) is 0.100. The van der Waals surface area contributed by atoms with Crippen molar-refractivity contribution in [3.05, 3.63) is 132 Å². The summed E-state index contributed by atoms with van der Waals surface area (Å²) in [6.45, 7) is 11.8. The molecule has 0 aliphatic carbocycles. The molecule has 0 spiro atoms. The smallest absolute Gasteiger partial charge is 0.0950 e. The number of allylic oxidation sites excluding steroid dienone is 13. The van der Waals surface area contributed by atoms with Crippen LogP contribution in [0.25, 0.3) is 54.6 Å². The van der Waals surface area contributed by atoms with E-state index >= 15 is 0 Å². The van der Waals surface area contributed by atoms with E-state index in [2.05, 4.69) is 67.8 Å². The van der Waals surface area contributed by atoms with Gasteiger partial charge in [-0.15, -0.1) is 0 Å². The van der Waals surface area contributed by atoms with Gasteiger partial charge in [0.2, 0.25) is 0 Å². The summed E-state index contributed by atoms with van der Waals surface area (Å²) in [7, 11) is 0. The second-order valence-electron chi connectivity index (χ2n) is 10.2. The third-order valence-corrected chi connectivity index (χ3v) is 7.87. The Morgan fingerprint density at radius 2 is 1.24 bits per heavy atom. The van der Waals surface area contributed by atoms with Crippen molar-refractivity contribution in [2.45, 2.75) is 26.7 Å². The van der Waals surface area contributed by atoms with Crippen LogP contribution in [0.4, 0.5) is 0 Å². The van der Waals surface area contributed by atoms with E-state index in [1.165, 1.54) is 12.3 Å². The lowest BCUT2D eigenvalue weighted by molar-refractivity contribution is 1.35. The van der Waals surface area contributed by atoms with E-state index in [0.717, 1.165) is 71.3 Å². The van der Waals surface area contributed by atoms with Crippen molar-refractivity contribution in [1.82, 2.24) is 0 Å². The Hall–Kier alpha value is -6.40. The summed E-state index contributed by atoms with van der Waals surface area (Å²) in [5.41, 5.74) is 13.1. The zero-order valence-electron chi connectivity index (χ0n) is 25.4. The molecule has 216 valence electrons. The van der Waals surface area contributed by atoms with Crippen LogP contribution in [0.2, 0.25) is 0 Å². The molecule has 4 rings (SSSR count). The van der Waals surface area contributed by atoms with Crippen molar-refractivity contribution >= 4 is 54.6 Å². The van der Waals surface area contributed by atoms with Crippen LogP contribution in [0.5, 0.6) is 0 Å². The summed E-state index contributed by atoms with van der Waals surface area (Å²) in [4.78, 5) is 0. The van der Waals surface area contributed by atoms with E-state index in [9.17, 15) is 21.0 Å². The van der Waals surface area contributed by atoms with E-state index in [0.29, 0.717) is 11.1 Å². The van der Waals surface area contributed by atoms with Crippen LogP contribution in [0.15, 0.2) is 110 Å². The maximum absolute atomic E-state index is 9.91. The number of nitrogens with two attached hydrogens (primary N) is 1. The maximum atomic E-state index is 9.91. The van der Waals surface area contributed by atoms with Crippen LogP contribution in [0, 0.1) is 45.3 Å². The second kappa shape index (κ2) is 14.2. The predicted molar refractivity (Wildman–Crippen MR) is 187 cm³/mol. The first-order chi connectivity index (χ1) is 21.9. The molecule has 0 saturated heterocycles. The lowest BCUT2D eigenvalue weighted by atomic mass is 9.81. The van der Waals surface area contributed by atoms with Crippen LogP contribution in [0.3, 0.4) is 0 Å². The van der Waals surface area contributed by atoms with Crippen molar-refractivity contribution < 1.29 is 0 Å². The Kier molecular flexibility index (Phi) is 9.94. The summed E-state index contributed by atoms with van der Waals surface area (Å²) in [5, 5.41) is 43.8. The first-order valence-corrected chi connectivity index (χ1v) is 14.3. The zero-order chi connectivity index (χ0) is 32.5. The number of nitriles is 4. The monoisotopic (exact) mass is 581 g/mol. The Labute approximate surface area is 264 Å². The molecule has 0 heterocycles. The van der Waals surface area contributed by atoms with E-state index in [1.807, 2.05) is 31.2 Å². The van der Waals surface area contributed by atoms with E-state index in [1.54, 1.807) is 31.2 Å². The molecule has 0 bridgehead atoms. The summed E-state index contributed by atoms with van der Waals surface area (Å²) >= 11 is 0. The van der Waals surface area contributed by atoms with Gasteiger partial charge in [0.15, 0.2) is 0 Å². The van der Waals surface area contributed by atoms with Crippen molar-refractivity contribution in [3.63, 3.8) is 0 Å². The van der Waals surface area contributed by atoms with Gasteiger partial charge in [-0.2, -0.15) is 21.0 Å². The molecular weight excluding hydrogens is 550 g/mol. The Morgan fingerprint density at radius 1 is 0.733 bits per heavy atom. The molecule has 4 aromatic rings. The zero-order valence-corrected chi connectivity index (χ0v) is 25.4. The third-order valence-electron chi connectivity index (χ3n) is 7.87. The standard InChI is InChI=1S/C40H31N5/c1-5-27(11-8-19-41)35-23-36(28(6-2)12-9-20-42)32-16-17-34-38(30(7-3)26(4)25-45)24-37(29(18-22-44)13-10-21-43)33-15-14-31(35)39(32)40(33)34/h5-8,11-18,22-24H,2-3,9-10,44H2,1,4H3/b11-8-,22-18-,27-5+,28-12+,29-13+,30-26-. The molecule has 0 radical (unpaired) electrons. The first kappa shape index (κ1) is 31.5. The molecule has 0 aliphatic rings. The van der Waals surface area contributed by atoms with Crippen LogP contribution in [0.1, 0.15) is 48.9 Å². The normalized spacial score (nSPS) is 13.2. The van der Waals surface area contributed by atoms with Crippen molar-refractivity contribution in [2.75, 3.05) is 0 Å². The van der Waals surface area contributed by atoms with Crippen molar-refractivity contribution in [1.29, 1.82) is 21.0 Å². The van der Waals surface area contributed by atoms with E-state index in [4.69, 9.17) is 5.73 Å². The molecule has 4 aromatic carbocycles. The van der Waals surface area contributed by atoms with Gasteiger partial charge in [-0.3, -0.25) is 0 Å². The SMILES string of the molecule is C=C/C(=C(\C)C#N)c1cc(C(/C=C\N)=C/CC#N)c2ccc3c(C(/C=C\C#N)=C/C)cc(/C(C=C)=C/CC#N)c4ccc1c2c43. The molecule has 0 atom stereocenters. The molecule has 5 nitrogen and oxygen atoms in total. The average Bonchev–Trinajstić information content (AvgIpc) is 3.07. The lowest BCUT2D eigenvalue weighted by Crippen LogP contribution is -1.99. The van der Waals surface area contributed by atoms with Crippen molar-refractivity contribution in [3.8, 4) is 24.3 Å².